The zero-order valence-corrected chi connectivity index (χ0v) is 13.4. The van der Waals surface area contributed by atoms with Crippen LogP contribution in [0.3, 0.4) is 0 Å². The highest BCUT2D eigenvalue weighted by Gasteiger charge is 2.38. The fraction of sp³-hybridized carbons (Fsp3) is 0.824. The van der Waals surface area contributed by atoms with Gasteiger partial charge in [0.25, 0.3) is 0 Å². The Labute approximate surface area is 127 Å². The zero-order valence-electron chi connectivity index (χ0n) is 13.4. The highest BCUT2D eigenvalue weighted by atomic mass is 15.2. The molecule has 0 aliphatic carbocycles. The van der Waals surface area contributed by atoms with Crippen LogP contribution >= 0.6 is 0 Å². The number of aromatic nitrogens is 2. The summed E-state index contributed by atoms with van der Waals surface area (Å²) in [7, 11) is 2.35. The summed E-state index contributed by atoms with van der Waals surface area (Å²) in [6, 6.07) is 2.29. The van der Waals surface area contributed by atoms with Crippen LogP contribution in [0.15, 0.2) is 0 Å². The van der Waals surface area contributed by atoms with Gasteiger partial charge in [0.15, 0.2) is 0 Å². The molecule has 0 aromatic carbocycles. The molecular weight excluding hydrogens is 260 g/mol. The number of hydrogen-bond acceptors (Lipinski definition) is 3. The summed E-state index contributed by atoms with van der Waals surface area (Å²) < 4.78 is 2.66. The first-order valence-electron chi connectivity index (χ1n) is 8.79. The van der Waals surface area contributed by atoms with Crippen LogP contribution in [-0.4, -0.2) is 40.1 Å². The maximum atomic E-state index is 4.94. The van der Waals surface area contributed by atoms with Gasteiger partial charge in [-0.2, -0.15) is 0 Å². The monoisotopic (exact) mass is 288 g/mol. The first-order valence-corrected chi connectivity index (χ1v) is 8.79. The van der Waals surface area contributed by atoms with Gasteiger partial charge in [0.1, 0.15) is 5.82 Å². The van der Waals surface area contributed by atoms with Gasteiger partial charge < -0.3 is 14.8 Å². The molecule has 1 aromatic rings. The third-order valence-corrected chi connectivity index (χ3v) is 5.99. The molecule has 2 unspecified atom stereocenters. The second-order valence-electron chi connectivity index (χ2n) is 7.10. The van der Waals surface area contributed by atoms with Crippen molar-refractivity contribution in [3.8, 4) is 0 Å². The van der Waals surface area contributed by atoms with Crippen LogP contribution in [0.5, 0.6) is 0 Å². The molecule has 2 fully saturated rings. The number of nitrogens with zero attached hydrogens (tertiary/aromatic N) is 3. The molecule has 0 saturated carbocycles. The van der Waals surface area contributed by atoms with E-state index in [4.69, 9.17) is 4.98 Å². The molecule has 1 N–H and O–H groups in total. The molecule has 2 saturated heterocycles. The van der Waals surface area contributed by atoms with Gasteiger partial charge in [-0.05, 0) is 32.7 Å². The van der Waals surface area contributed by atoms with Gasteiger partial charge in [-0.1, -0.05) is 13.3 Å². The number of aryl methyl sites for hydroxylation is 1. The molecule has 0 radical (unpaired) electrons. The van der Waals surface area contributed by atoms with E-state index in [2.05, 4.69) is 28.8 Å². The van der Waals surface area contributed by atoms with Gasteiger partial charge in [0, 0.05) is 49.8 Å². The summed E-state index contributed by atoms with van der Waals surface area (Å²) in [5.74, 6) is 1.33. The molecule has 116 valence electrons. The Bertz CT molecular complexity index is 507. The Hall–Kier alpha value is -0.870. The lowest BCUT2D eigenvalue weighted by Crippen LogP contribution is -2.50. The molecule has 4 heterocycles. The molecule has 0 amide bonds. The lowest BCUT2D eigenvalue weighted by Gasteiger charge is -2.48. The Balaban J connectivity index is 1.68. The molecule has 2 atom stereocenters. The smallest absolute Gasteiger partial charge is 0.109 e. The van der Waals surface area contributed by atoms with Crippen molar-refractivity contribution in [2.24, 2.45) is 0 Å². The van der Waals surface area contributed by atoms with E-state index in [9.17, 15) is 0 Å². The predicted octanol–water partition coefficient (Wildman–Crippen LogP) is 2.28. The quantitative estimate of drug-likeness (QED) is 0.906. The van der Waals surface area contributed by atoms with Crippen LogP contribution in [0.1, 0.15) is 62.3 Å². The van der Waals surface area contributed by atoms with Gasteiger partial charge in [-0.15, -0.1) is 0 Å². The molecule has 4 heteroatoms. The first kappa shape index (κ1) is 13.8. The lowest BCUT2D eigenvalue weighted by atomic mass is 9.82. The molecule has 21 heavy (non-hydrogen) atoms. The molecule has 4 nitrogen and oxygen atoms in total. The van der Waals surface area contributed by atoms with Gasteiger partial charge in [-0.3, -0.25) is 0 Å². The molecule has 1 aromatic heterocycles. The molecule has 0 spiro atoms. The van der Waals surface area contributed by atoms with E-state index < -0.39 is 0 Å². The fourth-order valence-electron chi connectivity index (χ4n) is 4.87. The Kier molecular flexibility index (Phi) is 3.54. The zero-order chi connectivity index (χ0) is 14.4. The number of fused-ring (bicyclic) bond motifs is 3. The number of piperidine rings is 2. The number of hydrogen-bond donors (Lipinski definition) is 1. The van der Waals surface area contributed by atoms with Crippen LogP contribution in [0, 0.1) is 0 Å². The summed E-state index contributed by atoms with van der Waals surface area (Å²) in [4.78, 5) is 7.61. The highest BCUT2D eigenvalue weighted by Crippen LogP contribution is 2.39. The molecular formula is C17H28N4. The van der Waals surface area contributed by atoms with E-state index in [1.54, 1.807) is 5.69 Å². The van der Waals surface area contributed by atoms with Crippen LogP contribution < -0.4 is 5.32 Å². The maximum Gasteiger partial charge on any atom is 0.109 e. The predicted molar refractivity (Wildman–Crippen MR) is 84.5 cm³/mol. The second kappa shape index (κ2) is 5.40. The third kappa shape index (κ3) is 2.23. The largest absolute Gasteiger partial charge is 0.328 e. The van der Waals surface area contributed by atoms with E-state index in [-0.39, 0.29) is 0 Å². The first-order chi connectivity index (χ1) is 10.3. The summed E-state index contributed by atoms with van der Waals surface area (Å²) in [5.41, 5.74) is 2.86. The van der Waals surface area contributed by atoms with Crippen molar-refractivity contribution in [3.05, 3.63) is 17.2 Å². The van der Waals surface area contributed by atoms with E-state index in [1.807, 2.05) is 0 Å². The van der Waals surface area contributed by atoms with Gasteiger partial charge in [0.2, 0.25) is 0 Å². The fourth-order valence-corrected chi connectivity index (χ4v) is 4.87. The second-order valence-corrected chi connectivity index (χ2v) is 7.10. The third-order valence-electron chi connectivity index (χ3n) is 5.99. The van der Waals surface area contributed by atoms with E-state index in [0.29, 0.717) is 6.04 Å². The molecule has 3 aliphatic rings. The van der Waals surface area contributed by atoms with E-state index >= 15 is 0 Å². The molecule has 2 bridgehead atoms. The number of imidazole rings is 1. The van der Waals surface area contributed by atoms with Crippen LogP contribution in [0.4, 0.5) is 0 Å². The summed E-state index contributed by atoms with van der Waals surface area (Å²) in [6.45, 7) is 4.34. The van der Waals surface area contributed by atoms with Crippen molar-refractivity contribution in [1.29, 1.82) is 0 Å². The van der Waals surface area contributed by atoms with Crippen molar-refractivity contribution in [1.82, 2.24) is 19.8 Å². The maximum absolute atomic E-state index is 4.94. The Morgan fingerprint density at radius 2 is 1.95 bits per heavy atom. The molecule has 3 aliphatic heterocycles. The van der Waals surface area contributed by atoms with Crippen LogP contribution in [0.2, 0.25) is 0 Å². The topological polar surface area (TPSA) is 33.1 Å². The minimum Gasteiger partial charge on any atom is -0.328 e. The number of nitrogens with one attached hydrogen (secondary N) is 1. The van der Waals surface area contributed by atoms with E-state index in [0.717, 1.165) is 38.0 Å². The molecule has 4 rings (SSSR count). The van der Waals surface area contributed by atoms with Crippen molar-refractivity contribution in [2.45, 2.75) is 76.5 Å². The minimum atomic E-state index is 0.695. The Morgan fingerprint density at radius 1 is 1.19 bits per heavy atom. The number of rotatable bonds is 2. The van der Waals surface area contributed by atoms with Crippen molar-refractivity contribution in [2.75, 3.05) is 13.6 Å². The SMILES string of the molecule is CCc1nc2c(n1C1CC3CCCC(C1)N3C)CCNC2. The van der Waals surface area contributed by atoms with E-state index in [1.165, 1.54) is 43.6 Å². The summed E-state index contributed by atoms with van der Waals surface area (Å²) >= 11 is 0. The average Bonchev–Trinajstić information content (AvgIpc) is 2.85. The van der Waals surface area contributed by atoms with Crippen molar-refractivity contribution < 1.29 is 0 Å². The summed E-state index contributed by atoms with van der Waals surface area (Å²) in [6.07, 6.45) is 9.09. The van der Waals surface area contributed by atoms with Crippen molar-refractivity contribution >= 4 is 0 Å². The average molecular weight is 288 g/mol. The minimum absolute atomic E-state index is 0.695. The highest BCUT2D eigenvalue weighted by molar-refractivity contribution is 5.22. The van der Waals surface area contributed by atoms with Crippen molar-refractivity contribution in [3.63, 3.8) is 0 Å². The normalized spacial score (nSPS) is 33.0. The standard InChI is InChI=1S/C17H28N4/c1-3-17-19-15-11-18-8-7-16(15)21(17)14-9-12-5-4-6-13(10-14)20(12)2/h12-14,18H,3-11H2,1-2H3. The van der Waals surface area contributed by atoms with Crippen LogP contribution in [-0.2, 0) is 19.4 Å². The van der Waals surface area contributed by atoms with Gasteiger partial charge in [0.05, 0.1) is 5.69 Å². The Morgan fingerprint density at radius 3 is 2.67 bits per heavy atom. The van der Waals surface area contributed by atoms with Crippen LogP contribution in [0.25, 0.3) is 0 Å². The lowest BCUT2D eigenvalue weighted by molar-refractivity contribution is 0.0386. The summed E-state index contributed by atoms with van der Waals surface area (Å²) in [5, 5.41) is 3.47. The van der Waals surface area contributed by atoms with Gasteiger partial charge in [-0.25, -0.2) is 4.98 Å². The van der Waals surface area contributed by atoms with Gasteiger partial charge >= 0.3 is 0 Å².